The van der Waals surface area contributed by atoms with Crippen LogP contribution >= 0.6 is 0 Å². The molecule has 0 aliphatic carbocycles. The van der Waals surface area contributed by atoms with Crippen LogP contribution in [0.25, 0.3) is 0 Å². The van der Waals surface area contributed by atoms with Crippen molar-refractivity contribution in [1.29, 1.82) is 0 Å². The summed E-state index contributed by atoms with van der Waals surface area (Å²) in [6.45, 7) is 5.98. The molecular formula is C27H33NO2. The molecule has 0 fully saturated rings. The molecule has 0 aliphatic rings. The van der Waals surface area contributed by atoms with E-state index in [0.717, 1.165) is 49.5 Å². The Kier molecular flexibility index (Phi) is 8.64. The van der Waals surface area contributed by atoms with Gasteiger partial charge in [-0.15, -0.1) is 0 Å². The normalized spacial score (nSPS) is 10.6. The van der Waals surface area contributed by atoms with Crippen LogP contribution in [0.4, 0.5) is 5.69 Å². The molecule has 0 bridgehead atoms. The van der Waals surface area contributed by atoms with Crippen LogP contribution in [0.5, 0.6) is 17.2 Å². The molecule has 3 nitrogen and oxygen atoms in total. The third kappa shape index (κ3) is 6.84. The summed E-state index contributed by atoms with van der Waals surface area (Å²) in [5, 5.41) is 3.48. The van der Waals surface area contributed by atoms with E-state index in [4.69, 9.17) is 9.47 Å². The summed E-state index contributed by atoms with van der Waals surface area (Å²) >= 11 is 0. The van der Waals surface area contributed by atoms with Gasteiger partial charge in [-0.1, -0.05) is 57.0 Å². The number of hydrogen-bond donors (Lipinski definition) is 1. The third-order valence-corrected chi connectivity index (χ3v) is 4.93. The lowest BCUT2D eigenvalue weighted by Gasteiger charge is -2.14. The lowest BCUT2D eigenvalue weighted by atomic mass is 10.1. The molecule has 30 heavy (non-hydrogen) atoms. The molecule has 3 aromatic carbocycles. The summed E-state index contributed by atoms with van der Waals surface area (Å²) in [7, 11) is 0. The van der Waals surface area contributed by atoms with E-state index in [2.05, 4.69) is 49.5 Å². The van der Waals surface area contributed by atoms with Crippen molar-refractivity contribution in [2.24, 2.45) is 0 Å². The molecule has 3 rings (SSSR count). The Morgan fingerprint density at radius 3 is 2.27 bits per heavy atom. The van der Waals surface area contributed by atoms with Crippen LogP contribution in [0, 0.1) is 0 Å². The minimum absolute atomic E-state index is 0.691. The number of rotatable bonds is 12. The maximum atomic E-state index is 6.09. The van der Waals surface area contributed by atoms with Gasteiger partial charge in [-0.05, 0) is 72.9 Å². The molecule has 0 saturated carbocycles. The predicted octanol–water partition coefficient (Wildman–Crippen LogP) is 7.26. The molecule has 0 atom stereocenters. The Hall–Kier alpha value is -2.94. The van der Waals surface area contributed by atoms with Crippen molar-refractivity contribution in [2.45, 2.75) is 46.0 Å². The zero-order valence-electron chi connectivity index (χ0n) is 18.2. The Bertz CT molecular complexity index is 875. The molecule has 0 radical (unpaired) electrons. The number of anilines is 1. The van der Waals surface area contributed by atoms with Gasteiger partial charge in [0.25, 0.3) is 0 Å². The Labute approximate surface area is 181 Å². The zero-order valence-corrected chi connectivity index (χ0v) is 18.2. The smallest absolute Gasteiger partial charge is 0.127 e. The summed E-state index contributed by atoms with van der Waals surface area (Å²) in [6, 6.07) is 24.7. The highest BCUT2D eigenvalue weighted by Gasteiger charge is 2.07. The van der Waals surface area contributed by atoms with Gasteiger partial charge in [-0.2, -0.15) is 0 Å². The van der Waals surface area contributed by atoms with Crippen LogP contribution in [-0.4, -0.2) is 13.2 Å². The Morgan fingerprint density at radius 2 is 1.53 bits per heavy atom. The third-order valence-electron chi connectivity index (χ3n) is 4.93. The van der Waals surface area contributed by atoms with Crippen molar-refractivity contribution in [2.75, 3.05) is 18.5 Å². The Balaban J connectivity index is 1.48. The van der Waals surface area contributed by atoms with Crippen molar-refractivity contribution >= 4 is 5.69 Å². The maximum absolute atomic E-state index is 6.09. The first kappa shape index (κ1) is 21.8. The topological polar surface area (TPSA) is 30.5 Å². The molecule has 0 aromatic heterocycles. The van der Waals surface area contributed by atoms with E-state index in [1.807, 2.05) is 42.5 Å². The van der Waals surface area contributed by atoms with Gasteiger partial charge in [-0.3, -0.25) is 0 Å². The molecule has 0 aliphatic heterocycles. The molecule has 0 heterocycles. The van der Waals surface area contributed by atoms with Gasteiger partial charge >= 0.3 is 0 Å². The number of nitrogens with one attached hydrogen (secondary N) is 1. The molecule has 0 unspecified atom stereocenters. The van der Waals surface area contributed by atoms with Gasteiger partial charge in [0.2, 0.25) is 0 Å². The lowest BCUT2D eigenvalue weighted by Crippen LogP contribution is -2.08. The number of para-hydroxylation sites is 1. The van der Waals surface area contributed by atoms with Gasteiger partial charge in [-0.25, -0.2) is 0 Å². The number of hydrogen-bond acceptors (Lipinski definition) is 3. The molecule has 158 valence electrons. The van der Waals surface area contributed by atoms with Crippen LogP contribution in [0.15, 0.2) is 72.8 Å². The fraction of sp³-hybridized carbons (Fsp3) is 0.333. The molecule has 0 amide bonds. The van der Waals surface area contributed by atoms with Crippen molar-refractivity contribution in [3.05, 3.63) is 83.9 Å². The highest BCUT2D eigenvalue weighted by molar-refractivity contribution is 5.45. The monoisotopic (exact) mass is 403 g/mol. The first-order valence-electron chi connectivity index (χ1n) is 11.1. The van der Waals surface area contributed by atoms with E-state index in [1.165, 1.54) is 23.2 Å². The largest absolute Gasteiger partial charge is 0.493 e. The standard InChI is InChI=1S/C27H33NO2/c1-3-9-22-13-15-24(16-14-22)28-19-8-20-29-27-18-17-26(21-23(27)10-4-2)30-25-11-6-5-7-12-25/h5-7,11-18,21,28H,3-4,8-10,19-20H2,1-2H3. The molecular weight excluding hydrogens is 370 g/mol. The summed E-state index contributed by atoms with van der Waals surface area (Å²) < 4.78 is 12.1. The van der Waals surface area contributed by atoms with Crippen molar-refractivity contribution in [1.82, 2.24) is 0 Å². The summed E-state index contributed by atoms with van der Waals surface area (Å²) in [4.78, 5) is 0. The van der Waals surface area contributed by atoms with Gasteiger partial charge in [0.1, 0.15) is 17.2 Å². The fourth-order valence-corrected chi connectivity index (χ4v) is 3.41. The SMILES string of the molecule is CCCc1ccc(NCCCOc2ccc(Oc3ccccc3)cc2CCC)cc1. The van der Waals surface area contributed by atoms with Gasteiger partial charge < -0.3 is 14.8 Å². The minimum Gasteiger partial charge on any atom is -0.493 e. The molecule has 0 saturated heterocycles. The average molecular weight is 404 g/mol. The minimum atomic E-state index is 0.691. The lowest BCUT2D eigenvalue weighted by molar-refractivity contribution is 0.311. The van der Waals surface area contributed by atoms with Gasteiger partial charge in [0.05, 0.1) is 6.61 Å². The van der Waals surface area contributed by atoms with E-state index in [1.54, 1.807) is 0 Å². The fourth-order valence-electron chi connectivity index (χ4n) is 3.41. The summed E-state index contributed by atoms with van der Waals surface area (Å²) in [5.74, 6) is 2.66. The Morgan fingerprint density at radius 1 is 0.767 bits per heavy atom. The van der Waals surface area contributed by atoms with Crippen LogP contribution < -0.4 is 14.8 Å². The van der Waals surface area contributed by atoms with E-state index in [-0.39, 0.29) is 0 Å². The summed E-state index contributed by atoms with van der Waals surface area (Å²) in [5.41, 5.74) is 3.77. The van der Waals surface area contributed by atoms with Crippen molar-refractivity contribution in [3.8, 4) is 17.2 Å². The van der Waals surface area contributed by atoms with E-state index < -0.39 is 0 Å². The predicted molar refractivity (Wildman–Crippen MR) is 126 cm³/mol. The summed E-state index contributed by atoms with van der Waals surface area (Å²) in [6.07, 6.45) is 5.32. The molecule has 3 aromatic rings. The maximum Gasteiger partial charge on any atom is 0.127 e. The first-order chi connectivity index (χ1) is 14.8. The molecule has 1 N–H and O–H groups in total. The highest BCUT2D eigenvalue weighted by Crippen LogP contribution is 2.29. The quantitative estimate of drug-likeness (QED) is 0.323. The van der Waals surface area contributed by atoms with Gasteiger partial charge in [0.15, 0.2) is 0 Å². The average Bonchev–Trinajstić information content (AvgIpc) is 2.77. The van der Waals surface area contributed by atoms with Crippen LogP contribution in [0.3, 0.4) is 0 Å². The number of benzene rings is 3. The first-order valence-corrected chi connectivity index (χ1v) is 11.1. The zero-order chi connectivity index (χ0) is 21.0. The van der Waals surface area contributed by atoms with Crippen LogP contribution in [-0.2, 0) is 12.8 Å². The number of ether oxygens (including phenoxy) is 2. The second-order valence-corrected chi connectivity index (χ2v) is 7.51. The highest BCUT2D eigenvalue weighted by atomic mass is 16.5. The molecule has 0 spiro atoms. The van der Waals surface area contributed by atoms with E-state index >= 15 is 0 Å². The van der Waals surface area contributed by atoms with Crippen LogP contribution in [0.2, 0.25) is 0 Å². The number of aryl methyl sites for hydroxylation is 2. The van der Waals surface area contributed by atoms with E-state index in [0.29, 0.717) is 6.61 Å². The molecule has 3 heteroatoms. The van der Waals surface area contributed by atoms with Crippen molar-refractivity contribution < 1.29 is 9.47 Å². The second-order valence-electron chi connectivity index (χ2n) is 7.51. The second kappa shape index (κ2) is 11.9. The van der Waals surface area contributed by atoms with E-state index in [9.17, 15) is 0 Å². The van der Waals surface area contributed by atoms with Crippen LogP contribution in [0.1, 0.15) is 44.2 Å². The van der Waals surface area contributed by atoms with Crippen molar-refractivity contribution in [3.63, 3.8) is 0 Å². The van der Waals surface area contributed by atoms with Gasteiger partial charge in [0, 0.05) is 12.2 Å².